The summed E-state index contributed by atoms with van der Waals surface area (Å²) in [6, 6.07) is 23.1. The fraction of sp³-hybridized carbons (Fsp3) is 0.367. The van der Waals surface area contributed by atoms with Crippen molar-refractivity contribution in [3.63, 3.8) is 0 Å². The van der Waals surface area contributed by atoms with E-state index in [-0.39, 0.29) is 30.4 Å². The molecular formula is C30H37ClN2O4. The van der Waals surface area contributed by atoms with Crippen molar-refractivity contribution in [2.75, 3.05) is 39.8 Å². The molecule has 0 aromatic heterocycles. The van der Waals surface area contributed by atoms with E-state index in [0.717, 1.165) is 50.0 Å². The Morgan fingerprint density at radius 3 is 2.43 bits per heavy atom. The molecule has 2 aliphatic heterocycles. The van der Waals surface area contributed by atoms with Gasteiger partial charge >= 0.3 is 0 Å². The van der Waals surface area contributed by atoms with Gasteiger partial charge in [-0.2, -0.15) is 0 Å². The first kappa shape index (κ1) is 28.7. The van der Waals surface area contributed by atoms with Gasteiger partial charge < -0.3 is 25.1 Å². The van der Waals surface area contributed by atoms with Crippen LogP contribution in [0.15, 0.2) is 72.3 Å². The minimum absolute atomic E-state index is 0. The van der Waals surface area contributed by atoms with Gasteiger partial charge in [-0.15, -0.1) is 12.4 Å². The molecular weight excluding hydrogens is 488 g/mol. The van der Waals surface area contributed by atoms with Crippen LogP contribution in [0, 0.1) is 0 Å². The third kappa shape index (κ3) is 6.90. The number of amides is 1. The molecule has 2 fully saturated rings. The van der Waals surface area contributed by atoms with Gasteiger partial charge in [0.05, 0.1) is 0 Å². The molecule has 1 atom stereocenters. The number of rotatable bonds is 7. The summed E-state index contributed by atoms with van der Waals surface area (Å²) in [7, 11) is 1.83. The molecule has 0 radical (unpaired) electrons. The van der Waals surface area contributed by atoms with Crippen LogP contribution < -0.4 is 4.74 Å². The zero-order valence-electron chi connectivity index (χ0n) is 21.3. The number of carbonyl (C=O) groups excluding carboxylic acids is 1. The highest BCUT2D eigenvalue weighted by Crippen LogP contribution is 2.30. The summed E-state index contributed by atoms with van der Waals surface area (Å²) in [6.07, 6.45) is 4.31. The number of fused-ring (bicyclic) bond motifs is 1. The first-order chi connectivity index (χ1) is 17.1. The lowest BCUT2D eigenvalue weighted by atomic mass is 9.88. The number of β-amino-alcohol motifs (C(OH)–C–C–N with tert-alkyl or cyclic N) is 1. The Labute approximate surface area is 225 Å². The summed E-state index contributed by atoms with van der Waals surface area (Å²) < 4.78 is 6.00. The maximum absolute atomic E-state index is 12.3. The maximum atomic E-state index is 12.3. The molecule has 3 aromatic carbocycles. The van der Waals surface area contributed by atoms with E-state index in [1.165, 1.54) is 16.3 Å². The second-order valence-corrected chi connectivity index (χ2v) is 9.83. The average Bonchev–Trinajstić information content (AvgIpc) is 3.20. The molecule has 3 N–H and O–H groups in total. The molecule has 198 valence electrons. The third-order valence-corrected chi connectivity index (χ3v) is 7.32. The van der Waals surface area contributed by atoms with Crippen molar-refractivity contribution in [3.8, 4) is 5.75 Å². The van der Waals surface area contributed by atoms with E-state index in [1.807, 2.05) is 37.4 Å². The normalized spacial score (nSPS) is 18.5. The molecule has 6 nitrogen and oxygen atoms in total. The second kappa shape index (κ2) is 13.1. The van der Waals surface area contributed by atoms with Crippen LogP contribution in [0.1, 0.15) is 36.3 Å². The largest absolute Gasteiger partial charge is 0.490 e. The van der Waals surface area contributed by atoms with E-state index < -0.39 is 6.10 Å². The van der Waals surface area contributed by atoms with Gasteiger partial charge in [-0.25, -0.2) is 0 Å². The van der Waals surface area contributed by atoms with Crippen molar-refractivity contribution in [3.05, 3.63) is 83.4 Å². The molecule has 3 aromatic rings. The number of piperidine rings is 1. The van der Waals surface area contributed by atoms with Gasteiger partial charge in [-0.05, 0) is 66.7 Å². The van der Waals surface area contributed by atoms with Gasteiger partial charge in [-0.3, -0.25) is 4.79 Å². The van der Waals surface area contributed by atoms with Crippen molar-refractivity contribution < 1.29 is 20.1 Å². The molecule has 0 unspecified atom stereocenters. The topological polar surface area (TPSA) is 84.5 Å². The predicted octanol–water partition coefficient (Wildman–Crippen LogP) is 4.30. The third-order valence-electron chi connectivity index (χ3n) is 7.32. The van der Waals surface area contributed by atoms with Crippen molar-refractivity contribution in [1.29, 1.82) is 0 Å². The van der Waals surface area contributed by atoms with Crippen LogP contribution in [0.25, 0.3) is 16.8 Å². The summed E-state index contributed by atoms with van der Waals surface area (Å²) in [5.74, 6) is 1.35. The smallest absolute Gasteiger partial charge is 0.249 e. The maximum Gasteiger partial charge on any atom is 0.249 e. The monoisotopic (exact) mass is 524 g/mol. The molecule has 0 spiro atoms. The number of aliphatic hydroxyl groups excluding tert-OH is 1. The molecule has 37 heavy (non-hydrogen) atoms. The Kier molecular flexibility index (Phi) is 10.1. The number of ether oxygens (including phenoxy) is 1. The highest BCUT2D eigenvalue weighted by atomic mass is 35.5. The summed E-state index contributed by atoms with van der Waals surface area (Å²) in [4.78, 5) is 16.3. The fourth-order valence-corrected chi connectivity index (χ4v) is 5.24. The highest BCUT2D eigenvalue weighted by molar-refractivity contribution is 6.00. The Balaban J connectivity index is 0.00000190. The number of benzene rings is 3. The minimum atomic E-state index is -0.563. The van der Waals surface area contributed by atoms with Gasteiger partial charge in [-0.1, -0.05) is 60.7 Å². The lowest BCUT2D eigenvalue weighted by Gasteiger charge is -2.33. The number of hydrogen-bond acceptors (Lipinski definition) is 4. The van der Waals surface area contributed by atoms with E-state index in [0.29, 0.717) is 18.2 Å². The van der Waals surface area contributed by atoms with Crippen molar-refractivity contribution >= 4 is 35.2 Å². The minimum Gasteiger partial charge on any atom is -0.490 e. The van der Waals surface area contributed by atoms with Crippen LogP contribution >= 0.6 is 12.4 Å². The zero-order chi connectivity index (χ0) is 24.2. The number of halogens is 1. The van der Waals surface area contributed by atoms with Crippen LogP contribution in [0.3, 0.4) is 0 Å². The number of aliphatic hydroxyl groups is 1. The molecule has 2 aliphatic rings. The average molecular weight is 525 g/mol. The predicted molar refractivity (Wildman–Crippen MR) is 151 cm³/mol. The quantitative estimate of drug-likeness (QED) is 0.467. The van der Waals surface area contributed by atoms with E-state index in [9.17, 15) is 9.90 Å². The van der Waals surface area contributed by atoms with Crippen LogP contribution in [-0.4, -0.2) is 72.2 Å². The van der Waals surface area contributed by atoms with E-state index in [4.69, 9.17) is 4.74 Å². The zero-order valence-corrected chi connectivity index (χ0v) is 22.1. The van der Waals surface area contributed by atoms with Gasteiger partial charge in [0.25, 0.3) is 0 Å². The van der Waals surface area contributed by atoms with E-state index in [2.05, 4.69) is 47.4 Å². The molecule has 5 rings (SSSR count). The standard InChI is InChI=1S/C30H34N2O3.ClH.H2O/c1-31-15-12-27(30(31)34)19-26-8-4-5-9-29(26)35-21-28(33)20-32-16-13-23(14-17-32)25-11-10-22-6-2-3-7-24(22)18-25;;/h2-11,18-19,23,28,33H,12-17,20-21H2,1H3;1H;1H2/t28-;;/m1../s1. The van der Waals surface area contributed by atoms with Gasteiger partial charge in [0.2, 0.25) is 5.91 Å². The van der Waals surface area contributed by atoms with E-state index >= 15 is 0 Å². The molecule has 2 heterocycles. The lowest BCUT2D eigenvalue weighted by molar-refractivity contribution is -0.123. The highest BCUT2D eigenvalue weighted by Gasteiger charge is 2.24. The summed E-state index contributed by atoms with van der Waals surface area (Å²) in [5.41, 5.74) is 3.11. The molecule has 0 saturated carbocycles. The van der Waals surface area contributed by atoms with Crippen LogP contribution in [0.2, 0.25) is 0 Å². The molecule has 2 saturated heterocycles. The Hall–Kier alpha value is -2.90. The summed E-state index contributed by atoms with van der Waals surface area (Å²) in [6.45, 7) is 3.55. The number of nitrogens with zero attached hydrogens (tertiary/aromatic N) is 2. The number of carbonyl (C=O) groups is 1. The SMILES string of the molecule is CN1CCC(=Cc2ccccc2OC[C@H](O)CN2CCC(c3ccc4ccccc4c3)CC2)C1=O.Cl.O. The summed E-state index contributed by atoms with van der Waals surface area (Å²) in [5, 5.41) is 13.3. The van der Waals surface area contributed by atoms with Crippen LogP contribution in [0.5, 0.6) is 5.75 Å². The van der Waals surface area contributed by atoms with Gasteiger partial charge in [0.15, 0.2) is 0 Å². The number of hydrogen-bond donors (Lipinski definition) is 1. The lowest BCUT2D eigenvalue weighted by Crippen LogP contribution is -2.40. The van der Waals surface area contributed by atoms with Crippen LogP contribution in [0.4, 0.5) is 0 Å². The van der Waals surface area contributed by atoms with Gasteiger partial charge in [0, 0.05) is 31.3 Å². The molecule has 0 aliphatic carbocycles. The van der Waals surface area contributed by atoms with Crippen molar-refractivity contribution in [2.45, 2.75) is 31.3 Å². The number of para-hydroxylation sites is 1. The van der Waals surface area contributed by atoms with Crippen molar-refractivity contribution in [2.24, 2.45) is 0 Å². The number of likely N-dealkylation sites (tertiary alicyclic amines) is 2. The number of likely N-dealkylation sites (N-methyl/N-ethyl adjacent to an activating group) is 1. The molecule has 1 amide bonds. The Morgan fingerprint density at radius 1 is 1.00 bits per heavy atom. The van der Waals surface area contributed by atoms with Gasteiger partial charge in [0.1, 0.15) is 18.5 Å². The first-order valence-electron chi connectivity index (χ1n) is 12.6. The van der Waals surface area contributed by atoms with Crippen molar-refractivity contribution in [1.82, 2.24) is 9.80 Å². The summed E-state index contributed by atoms with van der Waals surface area (Å²) >= 11 is 0. The van der Waals surface area contributed by atoms with Crippen LogP contribution in [-0.2, 0) is 4.79 Å². The second-order valence-electron chi connectivity index (χ2n) is 9.83. The fourth-order valence-electron chi connectivity index (χ4n) is 5.24. The van der Waals surface area contributed by atoms with E-state index in [1.54, 1.807) is 4.90 Å². The molecule has 7 heteroatoms. The molecule has 0 bridgehead atoms. The first-order valence-corrected chi connectivity index (χ1v) is 12.6. The Bertz CT molecular complexity index is 1220. The Morgan fingerprint density at radius 2 is 1.70 bits per heavy atom.